The van der Waals surface area contributed by atoms with Crippen LogP contribution in [-0.4, -0.2) is 23.6 Å². The highest BCUT2D eigenvalue weighted by molar-refractivity contribution is 5.89. The summed E-state index contributed by atoms with van der Waals surface area (Å²) in [6.07, 6.45) is 1.62. The maximum atomic E-state index is 5.72. The molecular formula is C19H21N3O. The quantitative estimate of drug-likeness (QED) is 0.715. The number of hydrogen-bond donors (Lipinski definition) is 0. The fraction of sp³-hybridized carbons (Fsp3) is 0.263. The van der Waals surface area contributed by atoms with E-state index in [-0.39, 0.29) is 0 Å². The SMILES string of the molecule is CCOc1ccccc1CN(C)c1ncnc2ccc(C)cc12. The molecule has 0 N–H and O–H groups in total. The molecule has 0 aliphatic carbocycles. The van der Waals surface area contributed by atoms with Gasteiger partial charge in [0.05, 0.1) is 12.1 Å². The van der Waals surface area contributed by atoms with Crippen molar-refractivity contribution in [2.24, 2.45) is 0 Å². The van der Waals surface area contributed by atoms with E-state index in [1.54, 1.807) is 6.33 Å². The van der Waals surface area contributed by atoms with E-state index < -0.39 is 0 Å². The van der Waals surface area contributed by atoms with Crippen LogP contribution in [0, 0.1) is 6.92 Å². The van der Waals surface area contributed by atoms with E-state index in [9.17, 15) is 0 Å². The number of fused-ring (bicyclic) bond motifs is 1. The maximum Gasteiger partial charge on any atom is 0.139 e. The van der Waals surface area contributed by atoms with Crippen molar-refractivity contribution in [1.29, 1.82) is 0 Å². The Morgan fingerprint density at radius 3 is 2.74 bits per heavy atom. The molecule has 1 aromatic heterocycles. The van der Waals surface area contributed by atoms with Crippen molar-refractivity contribution in [3.63, 3.8) is 0 Å². The third kappa shape index (κ3) is 3.26. The monoisotopic (exact) mass is 307 g/mol. The molecule has 0 amide bonds. The van der Waals surface area contributed by atoms with Crippen molar-refractivity contribution in [1.82, 2.24) is 9.97 Å². The number of rotatable bonds is 5. The Labute approximate surface area is 136 Å². The summed E-state index contributed by atoms with van der Waals surface area (Å²) in [6.45, 7) is 5.48. The van der Waals surface area contributed by atoms with Crippen LogP contribution in [0.15, 0.2) is 48.8 Å². The molecule has 0 fully saturated rings. The molecule has 1 heterocycles. The van der Waals surface area contributed by atoms with E-state index in [0.717, 1.165) is 34.6 Å². The summed E-state index contributed by atoms with van der Waals surface area (Å²) in [4.78, 5) is 11.0. The summed E-state index contributed by atoms with van der Waals surface area (Å²) >= 11 is 0. The number of anilines is 1. The van der Waals surface area contributed by atoms with Crippen LogP contribution in [0.5, 0.6) is 5.75 Å². The van der Waals surface area contributed by atoms with Crippen LogP contribution >= 0.6 is 0 Å². The zero-order chi connectivity index (χ0) is 16.2. The third-order valence-corrected chi connectivity index (χ3v) is 3.81. The van der Waals surface area contributed by atoms with Gasteiger partial charge in [0.25, 0.3) is 0 Å². The molecule has 3 aromatic rings. The molecule has 0 unspecified atom stereocenters. The second kappa shape index (κ2) is 6.65. The molecule has 0 aliphatic heterocycles. The van der Waals surface area contributed by atoms with Crippen LogP contribution in [-0.2, 0) is 6.54 Å². The van der Waals surface area contributed by atoms with E-state index in [4.69, 9.17) is 4.74 Å². The molecule has 0 saturated heterocycles. The molecule has 0 saturated carbocycles. The van der Waals surface area contributed by atoms with Gasteiger partial charge in [-0.3, -0.25) is 0 Å². The molecule has 23 heavy (non-hydrogen) atoms. The fourth-order valence-electron chi connectivity index (χ4n) is 2.72. The maximum absolute atomic E-state index is 5.72. The van der Waals surface area contributed by atoms with Crippen molar-refractivity contribution in [2.45, 2.75) is 20.4 Å². The summed E-state index contributed by atoms with van der Waals surface area (Å²) in [5.74, 6) is 1.86. The lowest BCUT2D eigenvalue weighted by molar-refractivity contribution is 0.336. The molecule has 118 valence electrons. The van der Waals surface area contributed by atoms with Gasteiger partial charge in [-0.1, -0.05) is 29.8 Å². The van der Waals surface area contributed by atoms with Crippen molar-refractivity contribution >= 4 is 16.7 Å². The number of para-hydroxylation sites is 1. The normalized spacial score (nSPS) is 10.7. The minimum atomic E-state index is 0.663. The number of aryl methyl sites for hydroxylation is 1. The zero-order valence-electron chi connectivity index (χ0n) is 13.8. The molecule has 2 aromatic carbocycles. The van der Waals surface area contributed by atoms with Crippen molar-refractivity contribution in [3.8, 4) is 5.75 Å². The first kappa shape index (κ1) is 15.3. The Morgan fingerprint density at radius 1 is 1.09 bits per heavy atom. The Hall–Kier alpha value is -2.62. The van der Waals surface area contributed by atoms with E-state index in [1.165, 1.54) is 5.56 Å². The third-order valence-electron chi connectivity index (χ3n) is 3.81. The Kier molecular flexibility index (Phi) is 4.42. The molecule has 0 atom stereocenters. The van der Waals surface area contributed by atoms with Crippen LogP contribution in [0.25, 0.3) is 10.9 Å². The first-order chi connectivity index (χ1) is 11.2. The molecular weight excluding hydrogens is 286 g/mol. The Bertz CT molecular complexity index is 817. The lowest BCUT2D eigenvalue weighted by atomic mass is 10.1. The van der Waals surface area contributed by atoms with Crippen LogP contribution in [0.2, 0.25) is 0 Å². The highest BCUT2D eigenvalue weighted by atomic mass is 16.5. The molecule has 3 rings (SSSR count). The second-order valence-corrected chi connectivity index (χ2v) is 5.61. The number of aromatic nitrogens is 2. The predicted octanol–water partition coefficient (Wildman–Crippen LogP) is 3.97. The van der Waals surface area contributed by atoms with Crippen LogP contribution in [0.3, 0.4) is 0 Å². The lowest BCUT2D eigenvalue weighted by Gasteiger charge is -2.21. The van der Waals surface area contributed by atoms with E-state index in [1.807, 2.05) is 38.2 Å². The highest BCUT2D eigenvalue weighted by Gasteiger charge is 2.11. The first-order valence-corrected chi connectivity index (χ1v) is 7.82. The van der Waals surface area contributed by atoms with E-state index in [2.05, 4.69) is 40.0 Å². The molecule has 0 aliphatic rings. The summed E-state index contributed by atoms with van der Waals surface area (Å²) in [7, 11) is 2.05. The lowest BCUT2D eigenvalue weighted by Crippen LogP contribution is -2.19. The van der Waals surface area contributed by atoms with Gasteiger partial charge in [-0.25, -0.2) is 9.97 Å². The van der Waals surface area contributed by atoms with E-state index >= 15 is 0 Å². The average molecular weight is 307 g/mol. The van der Waals surface area contributed by atoms with Crippen molar-refractivity contribution in [2.75, 3.05) is 18.6 Å². The summed E-state index contributed by atoms with van der Waals surface area (Å²) in [6, 6.07) is 14.4. The predicted molar refractivity (Wildman–Crippen MR) is 94.0 cm³/mol. The topological polar surface area (TPSA) is 38.2 Å². The molecule has 4 heteroatoms. The fourth-order valence-corrected chi connectivity index (χ4v) is 2.72. The number of ether oxygens (including phenoxy) is 1. The largest absolute Gasteiger partial charge is 0.494 e. The number of hydrogen-bond acceptors (Lipinski definition) is 4. The Balaban J connectivity index is 1.95. The van der Waals surface area contributed by atoms with Gasteiger partial charge in [0.2, 0.25) is 0 Å². The van der Waals surface area contributed by atoms with Crippen LogP contribution in [0.1, 0.15) is 18.1 Å². The van der Waals surface area contributed by atoms with Gasteiger partial charge in [0.1, 0.15) is 17.9 Å². The summed E-state index contributed by atoms with van der Waals surface area (Å²) < 4.78 is 5.72. The zero-order valence-corrected chi connectivity index (χ0v) is 13.8. The second-order valence-electron chi connectivity index (χ2n) is 5.61. The van der Waals surface area contributed by atoms with E-state index in [0.29, 0.717) is 6.61 Å². The summed E-state index contributed by atoms with van der Waals surface area (Å²) in [5, 5.41) is 1.07. The van der Waals surface area contributed by atoms with Gasteiger partial charge >= 0.3 is 0 Å². The number of benzene rings is 2. The van der Waals surface area contributed by atoms with Crippen LogP contribution < -0.4 is 9.64 Å². The minimum Gasteiger partial charge on any atom is -0.494 e. The average Bonchev–Trinajstić information content (AvgIpc) is 2.56. The molecule has 4 nitrogen and oxygen atoms in total. The number of nitrogens with zero attached hydrogens (tertiary/aromatic N) is 3. The first-order valence-electron chi connectivity index (χ1n) is 7.82. The van der Waals surface area contributed by atoms with Gasteiger partial charge in [0.15, 0.2) is 0 Å². The van der Waals surface area contributed by atoms with Crippen molar-refractivity contribution in [3.05, 3.63) is 59.9 Å². The smallest absolute Gasteiger partial charge is 0.139 e. The van der Waals surface area contributed by atoms with Gasteiger partial charge in [-0.05, 0) is 32.0 Å². The summed E-state index contributed by atoms with van der Waals surface area (Å²) in [5.41, 5.74) is 3.32. The van der Waals surface area contributed by atoms with Crippen molar-refractivity contribution < 1.29 is 4.74 Å². The van der Waals surface area contributed by atoms with Gasteiger partial charge in [0, 0.05) is 24.5 Å². The van der Waals surface area contributed by atoms with Gasteiger partial charge in [-0.2, -0.15) is 0 Å². The van der Waals surface area contributed by atoms with Gasteiger partial charge < -0.3 is 9.64 Å². The highest BCUT2D eigenvalue weighted by Crippen LogP contribution is 2.26. The van der Waals surface area contributed by atoms with Gasteiger partial charge in [-0.15, -0.1) is 0 Å². The minimum absolute atomic E-state index is 0.663. The van der Waals surface area contributed by atoms with Crippen LogP contribution in [0.4, 0.5) is 5.82 Å². The molecule has 0 spiro atoms. The molecule has 0 bridgehead atoms. The molecule has 0 radical (unpaired) electrons. The standard InChI is InChI=1S/C19H21N3O/c1-4-23-18-8-6-5-7-15(18)12-22(3)19-16-11-14(2)9-10-17(16)20-13-21-19/h5-11,13H,4,12H2,1-3H3. The Morgan fingerprint density at radius 2 is 1.91 bits per heavy atom.